The van der Waals surface area contributed by atoms with E-state index in [9.17, 15) is 0 Å². The van der Waals surface area contributed by atoms with Crippen molar-refractivity contribution in [3.63, 3.8) is 0 Å². The molecule has 0 heterocycles. The SMILES string of the molecule is O=P(O)(O)O.[C+4].[K+]. The second kappa shape index (κ2) is 5.88. The Morgan fingerprint density at radius 1 is 1.14 bits per heavy atom. The molecule has 0 aliphatic rings. The first-order valence-electron chi connectivity index (χ1n) is 0.783. The van der Waals surface area contributed by atoms with Crippen LogP contribution in [0.5, 0.6) is 0 Å². The minimum Gasteiger partial charge on any atom is -0.303 e. The van der Waals surface area contributed by atoms with Gasteiger partial charge in [0, 0.05) is 0 Å². The van der Waals surface area contributed by atoms with Crippen molar-refractivity contribution in [1.29, 1.82) is 0 Å². The average molecular weight is 149 g/mol. The third kappa shape index (κ3) is 83.9. The number of rotatable bonds is 0. The van der Waals surface area contributed by atoms with E-state index >= 15 is 0 Å². The zero-order valence-electron chi connectivity index (χ0n) is 3.70. The molecule has 0 amide bonds. The normalized spacial score (nSPS) is 8.43. The van der Waals surface area contributed by atoms with Crippen LogP contribution in [0, 0.1) is 7.43 Å². The van der Waals surface area contributed by atoms with Crippen molar-refractivity contribution in [2.24, 2.45) is 0 Å². The molecule has 6 heteroatoms. The van der Waals surface area contributed by atoms with Gasteiger partial charge in [0.1, 0.15) is 0 Å². The minimum absolute atomic E-state index is 0. The molecule has 0 aromatic rings. The summed E-state index contributed by atoms with van der Waals surface area (Å²) >= 11 is 0. The molecule has 3 N–H and O–H groups in total. The molecule has 0 radical (unpaired) electrons. The molecular formula is CH3KO4P+5. The van der Waals surface area contributed by atoms with Gasteiger partial charge in [-0.2, -0.15) is 0 Å². The molecule has 32 valence electrons. The fourth-order valence-corrected chi connectivity index (χ4v) is 0. The van der Waals surface area contributed by atoms with Crippen molar-refractivity contribution >= 4 is 7.82 Å². The predicted octanol–water partition coefficient (Wildman–Crippen LogP) is -3.84. The second-order valence-corrected chi connectivity index (χ2v) is 1.54. The summed E-state index contributed by atoms with van der Waals surface area (Å²) in [6, 6.07) is 0. The van der Waals surface area contributed by atoms with Crippen LogP contribution < -0.4 is 51.4 Å². The van der Waals surface area contributed by atoms with Gasteiger partial charge in [0.25, 0.3) is 0 Å². The summed E-state index contributed by atoms with van der Waals surface area (Å²) in [7, 11) is -4.64. The van der Waals surface area contributed by atoms with Crippen LogP contribution in [-0.4, -0.2) is 14.7 Å². The van der Waals surface area contributed by atoms with Crippen LogP contribution in [0.4, 0.5) is 0 Å². The Kier molecular flexibility index (Phi) is 13.3. The van der Waals surface area contributed by atoms with Gasteiger partial charge >= 0.3 is 66.6 Å². The van der Waals surface area contributed by atoms with Gasteiger partial charge < -0.3 is 14.7 Å². The Hall–Kier alpha value is 1.75. The van der Waals surface area contributed by atoms with Gasteiger partial charge in [0.15, 0.2) is 0 Å². The predicted molar refractivity (Wildman–Crippen MR) is 17.5 cm³/mol. The van der Waals surface area contributed by atoms with Gasteiger partial charge in [-0.1, -0.05) is 0 Å². The van der Waals surface area contributed by atoms with E-state index in [1.807, 2.05) is 0 Å². The van der Waals surface area contributed by atoms with Crippen LogP contribution in [0.2, 0.25) is 0 Å². The summed E-state index contributed by atoms with van der Waals surface area (Å²) in [4.78, 5) is 21.6. The molecule has 0 aliphatic heterocycles. The molecule has 4 nitrogen and oxygen atoms in total. The summed E-state index contributed by atoms with van der Waals surface area (Å²) in [5, 5.41) is 0. The van der Waals surface area contributed by atoms with Gasteiger partial charge in [0.05, 0.1) is 0 Å². The molecule has 0 rings (SSSR count). The maximum absolute atomic E-state index is 8.88. The monoisotopic (exact) mass is 149 g/mol. The smallest absolute Gasteiger partial charge is 0.303 e. The van der Waals surface area contributed by atoms with Crippen molar-refractivity contribution < 1.29 is 70.6 Å². The van der Waals surface area contributed by atoms with Crippen molar-refractivity contribution in [2.45, 2.75) is 0 Å². The Labute approximate surface area is 84.6 Å². The molecule has 0 spiro atoms. The molecule has 0 unspecified atom stereocenters. The number of hydrogen-bond acceptors (Lipinski definition) is 1. The zero-order chi connectivity index (χ0) is 4.50. The molecule has 0 atom stereocenters. The first-order chi connectivity index (χ1) is 2.00. The Balaban J connectivity index is -0.0000000800. The maximum Gasteiger partial charge on any atom is 4.00 e. The van der Waals surface area contributed by atoms with Gasteiger partial charge in [-0.25, -0.2) is 4.57 Å². The molecule has 0 aromatic heterocycles. The largest absolute Gasteiger partial charge is 4.00 e. The van der Waals surface area contributed by atoms with Crippen LogP contribution in [-0.2, 0) is 4.57 Å². The van der Waals surface area contributed by atoms with E-state index in [0.717, 1.165) is 0 Å². The van der Waals surface area contributed by atoms with E-state index in [4.69, 9.17) is 19.2 Å². The first kappa shape index (κ1) is 15.9. The van der Waals surface area contributed by atoms with Crippen LogP contribution in [0.25, 0.3) is 0 Å². The van der Waals surface area contributed by atoms with Crippen LogP contribution in [0.1, 0.15) is 0 Å². The van der Waals surface area contributed by atoms with Gasteiger partial charge in [-0.3, -0.25) is 0 Å². The van der Waals surface area contributed by atoms with Crippen LogP contribution >= 0.6 is 7.82 Å². The van der Waals surface area contributed by atoms with E-state index < -0.39 is 7.82 Å². The Bertz CT molecular complexity index is 57.8. The Morgan fingerprint density at radius 2 is 1.14 bits per heavy atom. The summed E-state index contributed by atoms with van der Waals surface area (Å²) in [5.74, 6) is 0. The molecular weight excluding hydrogens is 146 g/mol. The third-order valence-corrected chi connectivity index (χ3v) is 0. The molecule has 0 saturated carbocycles. The topological polar surface area (TPSA) is 77.8 Å². The minimum atomic E-state index is -4.64. The second-order valence-electron chi connectivity index (χ2n) is 0.513. The van der Waals surface area contributed by atoms with Crippen molar-refractivity contribution in [1.82, 2.24) is 0 Å². The van der Waals surface area contributed by atoms with Crippen molar-refractivity contribution in [2.75, 3.05) is 0 Å². The number of hydrogen-bond donors (Lipinski definition) is 3. The van der Waals surface area contributed by atoms with Crippen LogP contribution in [0.3, 0.4) is 0 Å². The summed E-state index contributed by atoms with van der Waals surface area (Å²) in [5.41, 5.74) is 0. The molecule has 0 aliphatic carbocycles. The molecule has 0 fully saturated rings. The average Bonchev–Trinajstić information content (AvgIpc) is 0.722. The fraction of sp³-hybridized carbons (Fsp3) is 0. The van der Waals surface area contributed by atoms with Crippen molar-refractivity contribution in [3.05, 3.63) is 7.43 Å². The van der Waals surface area contributed by atoms with E-state index in [1.165, 1.54) is 0 Å². The molecule has 0 bridgehead atoms. The molecule has 0 aromatic carbocycles. The zero-order valence-corrected chi connectivity index (χ0v) is 7.71. The first-order valence-corrected chi connectivity index (χ1v) is 2.35. The van der Waals surface area contributed by atoms with E-state index in [1.54, 1.807) is 0 Å². The summed E-state index contributed by atoms with van der Waals surface area (Å²) in [6.07, 6.45) is 0. The van der Waals surface area contributed by atoms with E-state index in [0.29, 0.717) is 0 Å². The van der Waals surface area contributed by atoms with Gasteiger partial charge in [-0.15, -0.1) is 0 Å². The third-order valence-electron chi connectivity index (χ3n) is 0. The van der Waals surface area contributed by atoms with E-state index in [-0.39, 0.29) is 58.8 Å². The Morgan fingerprint density at radius 3 is 1.14 bits per heavy atom. The summed E-state index contributed by atoms with van der Waals surface area (Å²) < 4.78 is 8.88. The van der Waals surface area contributed by atoms with Crippen molar-refractivity contribution in [3.8, 4) is 0 Å². The summed E-state index contributed by atoms with van der Waals surface area (Å²) in [6.45, 7) is 0. The number of phosphoric acid groups is 1. The maximum atomic E-state index is 8.88. The standard InChI is InChI=1S/C.K.H3O4P/c;;1-5(2,3)4/h;;(H3,1,2,3,4)/q+4;+1;. The van der Waals surface area contributed by atoms with Gasteiger partial charge in [0.2, 0.25) is 0 Å². The quantitative estimate of drug-likeness (QED) is 0.243. The molecule has 7 heavy (non-hydrogen) atoms. The molecule has 0 saturated heterocycles. The van der Waals surface area contributed by atoms with Gasteiger partial charge in [-0.05, 0) is 0 Å². The fourth-order valence-electron chi connectivity index (χ4n) is 0. The van der Waals surface area contributed by atoms with E-state index in [2.05, 4.69) is 0 Å². The van der Waals surface area contributed by atoms with Crippen LogP contribution in [0.15, 0.2) is 0 Å².